The highest BCUT2D eigenvalue weighted by Gasteiger charge is 2.26. The monoisotopic (exact) mass is 424 g/mol. The van der Waals surface area contributed by atoms with Crippen LogP contribution in [0.1, 0.15) is 25.8 Å². The molecule has 164 valence electrons. The second kappa shape index (κ2) is 12.0. The third-order valence-electron chi connectivity index (χ3n) is 4.65. The molecule has 0 heterocycles. The number of primary amides is 1. The van der Waals surface area contributed by atoms with Gasteiger partial charge in [-0.2, -0.15) is 0 Å². The van der Waals surface area contributed by atoms with E-state index in [9.17, 15) is 14.4 Å². The van der Waals surface area contributed by atoms with Gasteiger partial charge in [-0.15, -0.1) is 0 Å². The summed E-state index contributed by atoms with van der Waals surface area (Å²) in [6.45, 7) is 3.63. The Morgan fingerprint density at radius 2 is 1.65 bits per heavy atom. The largest absolute Gasteiger partial charge is 0.445 e. The quantitative estimate of drug-likeness (QED) is 0.437. The van der Waals surface area contributed by atoms with Gasteiger partial charge in [-0.3, -0.25) is 9.59 Å². The van der Waals surface area contributed by atoms with Crippen LogP contribution in [0.15, 0.2) is 72.6 Å². The number of alkyl carbamates (subject to hydrolysis) is 1. The van der Waals surface area contributed by atoms with E-state index in [2.05, 4.69) is 16.0 Å². The lowest BCUT2D eigenvalue weighted by atomic mass is 9.98. The van der Waals surface area contributed by atoms with Crippen LogP contribution >= 0.6 is 0 Å². The van der Waals surface area contributed by atoms with E-state index in [1.807, 2.05) is 55.5 Å². The lowest BCUT2D eigenvalue weighted by Gasteiger charge is -2.23. The first-order valence-corrected chi connectivity index (χ1v) is 10.00. The number of ether oxygens (including phenoxy) is 1. The molecule has 8 heteroatoms. The molecule has 31 heavy (non-hydrogen) atoms. The van der Waals surface area contributed by atoms with E-state index in [-0.39, 0.29) is 12.3 Å². The Bertz CT molecular complexity index is 900. The minimum atomic E-state index is -0.785. The van der Waals surface area contributed by atoms with Crippen LogP contribution < -0.4 is 21.7 Å². The van der Waals surface area contributed by atoms with E-state index in [0.717, 1.165) is 11.3 Å². The molecule has 2 atom stereocenters. The highest BCUT2D eigenvalue weighted by molar-refractivity contribution is 5.97. The van der Waals surface area contributed by atoms with Gasteiger partial charge < -0.3 is 26.4 Å². The van der Waals surface area contributed by atoms with Gasteiger partial charge in [0.15, 0.2) is 0 Å². The Labute approximate surface area is 181 Å². The van der Waals surface area contributed by atoms with Crippen LogP contribution in [0.3, 0.4) is 0 Å². The second-order valence-electron chi connectivity index (χ2n) is 6.93. The molecule has 0 radical (unpaired) electrons. The van der Waals surface area contributed by atoms with Gasteiger partial charge in [-0.05, 0) is 24.1 Å². The first kappa shape index (κ1) is 23.5. The van der Waals surface area contributed by atoms with Gasteiger partial charge in [-0.1, -0.05) is 62.4 Å². The van der Waals surface area contributed by atoms with Crippen molar-refractivity contribution in [3.63, 3.8) is 0 Å². The predicted molar refractivity (Wildman–Crippen MR) is 118 cm³/mol. The van der Waals surface area contributed by atoms with Crippen molar-refractivity contribution < 1.29 is 19.1 Å². The van der Waals surface area contributed by atoms with Crippen molar-refractivity contribution in [1.82, 2.24) is 10.6 Å². The number of nitrogens with two attached hydrogens (primary N) is 1. The summed E-state index contributed by atoms with van der Waals surface area (Å²) in [6.07, 6.45) is 1.21. The Kier molecular flexibility index (Phi) is 9.10. The van der Waals surface area contributed by atoms with Gasteiger partial charge in [0.25, 0.3) is 5.91 Å². The van der Waals surface area contributed by atoms with Crippen LogP contribution in [0.25, 0.3) is 0 Å². The minimum absolute atomic E-state index is 0.0813. The zero-order valence-corrected chi connectivity index (χ0v) is 17.6. The molecule has 0 aliphatic carbocycles. The van der Waals surface area contributed by atoms with E-state index < -0.39 is 29.9 Å². The molecule has 2 aromatic rings. The van der Waals surface area contributed by atoms with Crippen LogP contribution in [0.5, 0.6) is 0 Å². The summed E-state index contributed by atoms with van der Waals surface area (Å²) in [6, 6.07) is 17.9. The molecule has 0 fully saturated rings. The van der Waals surface area contributed by atoms with Crippen LogP contribution in [0.4, 0.5) is 10.5 Å². The maximum atomic E-state index is 12.7. The number of hydrogen-bond donors (Lipinski definition) is 4. The van der Waals surface area contributed by atoms with Crippen LogP contribution in [0, 0.1) is 5.92 Å². The highest BCUT2D eigenvalue weighted by atomic mass is 16.5. The Hall–Kier alpha value is -3.81. The van der Waals surface area contributed by atoms with E-state index in [1.54, 1.807) is 19.1 Å². The molecule has 0 saturated heterocycles. The number of para-hydroxylation sites is 1. The van der Waals surface area contributed by atoms with E-state index in [0.29, 0.717) is 6.42 Å². The molecular weight excluding hydrogens is 396 g/mol. The van der Waals surface area contributed by atoms with Gasteiger partial charge in [0.05, 0.1) is 5.92 Å². The molecule has 5 N–H and O–H groups in total. The molecule has 0 aromatic heterocycles. The zero-order valence-electron chi connectivity index (χ0n) is 17.6. The summed E-state index contributed by atoms with van der Waals surface area (Å²) in [5.41, 5.74) is 6.89. The van der Waals surface area contributed by atoms with Crippen molar-refractivity contribution in [1.29, 1.82) is 0 Å². The number of carbonyl (C=O) groups is 3. The third kappa shape index (κ3) is 7.85. The van der Waals surface area contributed by atoms with Crippen molar-refractivity contribution in [3.05, 3.63) is 78.1 Å². The topological polar surface area (TPSA) is 123 Å². The standard InChI is InChI=1S/C23H28N4O4/c1-3-19(27-23(30)31-15-17-10-6-4-7-11-17)16(2)22(29)26-20(21(24)28)14-25-18-12-8-5-9-13-18/h4-14,16,19,25H,3,15H2,1-2H3,(H2,24,28)(H,26,29)(H,27,30)/t16?,19-/m0/s1. The fraction of sp³-hybridized carbons (Fsp3) is 0.261. The van der Waals surface area contributed by atoms with Crippen molar-refractivity contribution in [2.24, 2.45) is 11.7 Å². The Morgan fingerprint density at radius 3 is 2.23 bits per heavy atom. The molecule has 0 bridgehead atoms. The third-order valence-corrected chi connectivity index (χ3v) is 4.65. The molecule has 0 spiro atoms. The first-order valence-electron chi connectivity index (χ1n) is 10.00. The van der Waals surface area contributed by atoms with Crippen LogP contribution in [-0.4, -0.2) is 23.9 Å². The van der Waals surface area contributed by atoms with Crippen LogP contribution in [-0.2, 0) is 20.9 Å². The molecule has 0 aliphatic heterocycles. The second-order valence-corrected chi connectivity index (χ2v) is 6.93. The highest BCUT2D eigenvalue weighted by Crippen LogP contribution is 2.10. The minimum Gasteiger partial charge on any atom is -0.445 e. The van der Waals surface area contributed by atoms with Crippen molar-refractivity contribution in [2.45, 2.75) is 32.9 Å². The average molecular weight is 425 g/mol. The summed E-state index contributed by atoms with van der Waals surface area (Å²) in [4.78, 5) is 36.5. The fourth-order valence-electron chi connectivity index (χ4n) is 2.78. The number of amides is 3. The van der Waals surface area contributed by atoms with Gasteiger partial charge in [-0.25, -0.2) is 4.79 Å². The summed E-state index contributed by atoms with van der Waals surface area (Å²) < 4.78 is 5.22. The van der Waals surface area contributed by atoms with Gasteiger partial charge in [0.1, 0.15) is 12.3 Å². The number of nitrogens with one attached hydrogen (secondary N) is 3. The maximum Gasteiger partial charge on any atom is 0.407 e. The predicted octanol–water partition coefficient (Wildman–Crippen LogP) is 2.88. The lowest BCUT2D eigenvalue weighted by molar-refractivity contribution is -0.126. The summed E-state index contributed by atoms with van der Waals surface area (Å²) in [5, 5.41) is 8.14. The molecule has 3 amide bonds. The normalized spacial score (nSPS) is 12.9. The Balaban J connectivity index is 1.92. The van der Waals surface area contributed by atoms with Crippen LogP contribution in [0.2, 0.25) is 0 Å². The van der Waals surface area contributed by atoms with Gasteiger partial charge in [0, 0.05) is 17.9 Å². The number of rotatable bonds is 10. The SMILES string of the molecule is CC[C@H](NC(=O)OCc1ccccc1)C(C)C(=O)NC(=CNc1ccccc1)C(N)=O. The Morgan fingerprint density at radius 1 is 1.03 bits per heavy atom. The van der Waals surface area contributed by atoms with Crippen molar-refractivity contribution in [2.75, 3.05) is 5.32 Å². The number of benzene rings is 2. The van der Waals surface area contributed by atoms with E-state index in [1.165, 1.54) is 6.20 Å². The molecule has 1 unspecified atom stereocenters. The molecule has 0 saturated carbocycles. The molecule has 0 aliphatic rings. The van der Waals surface area contributed by atoms with Crippen molar-refractivity contribution >= 4 is 23.6 Å². The first-order chi connectivity index (χ1) is 14.9. The molecule has 2 rings (SSSR count). The number of carbonyl (C=O) groups excluding carboxylic acids is 3. The van der Waals surface area contributed by atoms with E-state index in [4.69, 9.17) is 10.5 Å². The summed E-state index contributed by atoms with van der Waals surface area (Å²) in [7, 11) is 0. The van der Waals surface area contributed by atoms with Crippen molar-refractivity contribution in [3.8, 4) is 0 Å². The smallest absolute Gasteiger partial charge is 0.407 e. The number of hydrogen-bond acceptors (Lipinski definition) is 5. The van der Waals surface area contributed by atoms with Gasteiger partial charge in [0.2, 0.25) is 5.91 Å². The fourth-order valence-corrected chi connectivity index (χ4v) is 2.78. The average Bonchev–Trinajstić information content (AvgIpc) is 2.79. The van der Waals surface area contributed by atoms with Gasteiger partial charge >= 0.3 is 6.09 Å². The lowest BCUT2D eigenvalue weighted by Crippen LogP contribution is -2.46. The maximum absolute atomic E-state index is 12.7. The van der Waals surface area contributed by atoms with E-state index >= 15 is 0 Å². The molecule has 2 aromatic carbocycles. The zero-order chi connectivity index (χ0) is 22.6. The molecule has 8 nitrogen and oxygen atoms in total. The summed E-state index contributed by atoms with van der Waals surface area (Å²) >= 11 is 0. The number of anilines is 1. The molecular formula is C23H28N4O4. The summed E-state index contributed by atoms with van der Waals surface area (Å²) in [5.74, 6) is -1.86.